The SMILES string of the molecule is CS(=O)(=O)N1CCCC1C(=O)NCc1cccc(C(F)(F)F)c1. The zero-order chi connectivity index (χ0) is 17.3. The van der Waals surface area contributed by atoms with Gasteiger partial charge in [-0.1, -0.05) is 12.1 Å². The number of carbonyl (C=O) groups is 1. The highest BCUT2D eigenvalue weighted by Gasteiger charge is 2.36. The van der Waals surface area contributed by atoms with Crippen LogP contribution in [-0.4, -0.2) is 37.5 Å². The molecule has 0 aromatic heterocycles. The van der Waals surface area contributed by atoms with Crippen LogP contribution < -0.4 is 5.32 Å². The molecule has 1 aliphatic rings. The second kappa shape index (κ2) is 6.48. The Morgan fingerprint density at radius 1 is 1.39 bits per heavy atom. The minimum absolute atomic E-state index is 0.0865. The fourth-order valence-corrected chi connectivity index (χ4v) is 3.69. The zero-order valence-corrected chi connectivity index (χ0v) is 13.2. The molecule has 1 atom stereocenters. The summed E-state index contributed by atoms with van der Waals surface area (Å²) in [4.78, 5) is 12.1. The average molecular weight is 350 g/mol. The predicted molar refractivity (Wildman–Crippen MR) is 77.9 cm³/mol. The second-order valence-electron chi connectivity index (χ2n) is 5.45. The number of halogens is 3. The summed E-state index contributed by atoms with van der Waals surface area (Å²) in [5.74, 6) is -0.495. The summed E-state index contributed by atoms with van der Waals surface area (Å²) >= 11 is 0. The first kappa shape index (κ1) is 17.7. The summed E-state index contributed by atoms with van der Waals surface area (Å²) < 4.78 is 62.2. The predicted octanol–water partition coefficient (Wildman–Crippen LogP) is 1.75. The number of hydrogen-bond donors (Lipinski definition) is 1. The van der Waals surface area contributed by atoms with Crippen molar-refractivity contribution in [3.05, 3.63) is 35.4 Å². The van der Waals surface area contributed by atoms with Crippen LogP contribution in [0.2, 0.25) is 0 Å². The third-order valence-corrected chi connectivity index (χ3v) is 4.94. The molecule has 1 saturated heterocycles. The first-order valence-corrected chi connectivity index (χ1v) is 8.84. The van der Waals surface area contributed by atoms with E-state index in [9.17, 15) is 26.4 Å². The molecule has 1 amide bonds. The van der Waals surface area contributed by atoms with Crippen molar-refractivity contribution >= 4 is 15.9 Å². The van der Waals surface area contributed by atoms with E-state index in [-0.39, 0.29) is 13.1 Å². The summed E-state index contributed by atoms with van der Waals surface area (Å²) in [5, 5.41) is 2.51. The molecule has 1 heterocycles. The van der Waals surface area contributed by atoms with E-state index in [4.69, 9.17) is 0 Å². The third-order valence-electron chi connectivity index (χ3n) is 3.65. The van der Waals surface area contributed by atoms with Gasteiger partial charge in [0.25, 0.3) is 0 Å². The first-order chi connectivity index (χ1) is 10.6. The molecule has 5 nitrogen and oxygen atoms in total. The number of nitrogens with zero attached hydrogens (tertiary/aromatic N) is 1. The molecule has 128 valence electrons. The Morgan fingerprint density at radius 3 is 2.70 bits per heavy atom. The Bertz CT molecular complexity index is 689. The number of rotatable bonds is 4. The van der Waals surface area contributed by atoms with Crippen LogP contribution in [0, 0.1) is 0 Å². The van der Waals surface area contributed by atoms with E-state index >= 15 is 0 Å². The monoisotopic (exact) mass is 350 g/mol. The van der Waals surface area contributed by atoms with Crippen molar-refractivity contribution in [3.8, 4) is 0 Å². The summed E-state index contributed by atoms with van der Waals surface area (Å²) in [6.45, 7) is 0.192. The van der Waals surface area contributed by atoms with Gasteiger partial charge >= 0.3 is 6.18 Å². The smallest absolute Gasteiger partial charge is 0.351 e. The highest BCUT2D eigenvalue weighted by Crippen LogP contribution is 2.29. The summed E-state index contributed by atoms with van der Waals surface area (Å²) in [5.41, 5.74) is -0.486. The van der Waals surface area contributed by atoms with Gasteiger partial charge in [0.15, 0.2) is 0 Å². The van der Waals surface area contributed by atoms with Crippen molar-refractivity contribution in [2.24, 2.45) is 0 Å². The van der Waals surface area contributed by atoms with Crippen molar-refractivity contribution in [1.29, 1.82) is 0 Å². The number of benzene rings is 1. The Kier molecular flexibility index (Phi) is 5.00. The summed E-state index contributed by atoms with van der Waals surface area (Å²) in [6.07, 6.45) is -2.43. The number of nitrogens with one attached hydrogen (secondary N) is 1. The molecule has 0 spiro atoms. The molecule has 1 aromatic carbocycles. The molecule has 0 bridgehead atoms. The van der Waals surface area contributed by atoms with Crippen LogP contribution in [0.3, 0.4) is 0 Å². The van der Waals surface area contributed by atoms with Gasteiger partial charge in [0.05, 0.1) is 11.8 Å². The number of amides is 1. The van der Waals surface area contributed by atoms with Gasteiger partial charge in [0.2, 0.25) is 15.9 Å². The molecule has 0 aliphatic carbocycles. The van der Waals surface area contributed by atoms with Gasteiger partial charge in [0, 0.05) is 13.1 Å². The van der Waals surface area contributed by atoms with Gasteiger partial charge in [-0.3, -0.25) is 4.79 Å². The Morgan fingerprint density at radius 2 is 2.09 bits per heavy atom. The zero-order valence-electron chi connectivity index (χ0n) is 12.4. The van der Waals surface area contributed by atoms with Crippen LogP contribution in [0.5, 0.6) is 0 Å². The van der Waals surface area contributed by atoms with E-state index in [1.807, 2.05) is 0 Å². The van der Waals surface area contributed by atoms with E-state index in [1.165, 1.54) is 12.1 Å². The van der Waals surface area contributed by atoms with Crippen molar-refractivity contribution in [2.45, 2.75) is 31.6 Å². The maximum Gasteiger partial charge on any atom is 0.416 e. The van der Waals surface area contributed by atoms with E-state index < -0.39 is 33.7 Å². The highest BCUT2D eigenvalue weighted by molar-refractivity contribution is 7.88. The number of sulfonamides is 1. The van der Waals surface area contributed by atoms with Gasteiger partial charge in [-0.05, 0) is 30.5 Å². The van der Waals surface area contributed by atoms with E-state index in [2.05, 4.69) is 5.32 Å². The van der Waals surface area contributed by atoms with Crippen molar-refractivity contribution in [3.63, 3.8) is 0 Å². The fourth-order valence-electron chi connectivity index (χ4n) is 2.56. The van der Waals surface area contributed by atoms with Gasteiger partial charge in [0.1, 0.15) is 6.04 Å². The molecule has 23 heavy (non-hydrogen) atoms. The largest absolute Gasteiger partial charge is 0.416 e. The molecule has 1 unspecified atom stereocenters. The molecule has 1 aliphatic heterocycles. The van der Waals surface area contributed by atoms with Crippen LogP contribution in [0.15, 0.2) is 24.3 Å². The lowest BCUT2D eigenvalue weighted by Gasteiger charge is -2.21. The van der Waals surface area contributed by atoms with Crippen LogP contribution in [0.25, 0.3) is 0 Å². The molecular formula is C14H17F3N2O3S. The quantitative estimate of drug-likeness (QED) is 0.900. The van der Waals surface area contributed by atoms with Crippen molar-refractivity contribution < 1.29 is 26.4 Å². The maximum atomic E-state index is 12.6. The van der Waals surface area contributed by atoms with Gasteiger partial charge < -0.3 is 5.32 Å². The van der Waals surface area contributed by atoms with E-state index in [1.54, 1.807) is 0 Å². The van der Waals surface area contributed by atoms with Crippen LogP contribution in [0.1, 0.15) is 24.0 Å². The summed E-state index contributed by atoms with van der Waals surface area (Å²) in [7, 11) is -3.48. The van der Waals surface area contributed by atoms with Crippen LogP contribution in [0.4, 0.5) is 13.2 Å². The normalized spacial score (nSPS) is 19.7. The fraction of sp³-hybridized carbons (Fsp3) is 0.500. The lowest BCUT2D eigenvalue weighted by atomic mass is 10.1. The van der Waals surface area contributed by atoms with Gasteiger partial charge in [-0.2, -0.15) is 17.5 Å². The second-order valence-corrected chi connectivity index (χ2v) is 7.38. The Balaban J connectivity index is 2.02. The Labute approximate surface area is 132 Å². The number of carbonyl (C=O) groups excluding carboxylic acids is 1. The van der Waals surface area contributed by atoms with Gasteiger partial charge in [-0.15, -0.1) is 0 Å². The lowest BCUT2D eigenvalue weighted by Crippen LogP contribution is -2.45. The van der Waals surface area contributed by atoms with Crippen molar-refractivity contribution in [1.82, 2.24) is 9.62 Å². The lowest BCUT2D eigenvalue weighted by molar-refractivity contribution is -0.137. The van der Waals surface area contributed by atoms with Crippen LogP contribution >= 0.6 is 0 Å². The molecular weight excluding hydrogens is 333 g/mol. The van der Waals surface area contributed by atoms with Gasteiger partial charge in [-0.25, -0.2) is 8.42 Å². The molecule has 9 heteroatoms. The Hall–Kier alpha value is -1.61. The van der Waals surface area contributed by atoms with Crippen LogP contribution in [-0.2, 0) is 27.5 Å². The van der Waals surface area contributed by atoms with E-state index in [0.717, 1.165) is 22.7 Å². The topological polar surface area (TPSA) is 66.5 Å². The molecule has 1 aromatic rings. The minimum atomic E-state index is -4.45. The molecule has 0 radical (unpaired) electrons. The number of alkyl halides is 3. The first-order valence-electron chi connectivity index (χ1n) is 7.00. The van der Waals surface area contributed by atoms with E-state index in [0.29, 0.717) is 18.4 Å². The third kappa shape index (κ3) is 4.44. The molecule has 2 rings (SSSR count). The van der Waals surface area contributed by atoms with Crippen molar-refractivity contribution in [2.75, 3.05) is 12.8 Å². The highest BCUT2D eigenvalue weighted by atomic mass is 32.2. The molecule has 0 saturated carbocycles. The maximum absolute atomic E-state index is 12.6. The minimum Gasteiger partial charge on any atom is -0.351 e. The summed E-state index contributed by atoms with van der Waals surface area (Å²) in [6, 6.07) is 3.86. The standard InChI is InChI=1S/C14H17F3N2O3S/c1-23(21,22)19-7-3-6-12(19)13(20)18-9-10-4-2-5-11(8-10)14(15,16)17/h2,4-5,8,12H,3,6-7,9H2,1H3,(H,18,20). The molecule has 1 fully saturated rings. The number of hydrogen-bond acceptors (Lipinski definition) is 3. The molecule has 1 N–H and O–H groups in total. The average Bonchev–Trinajstić information content (AvgIpc) is 2.94.